The van der Waals surface area contributed by atoms with Crippen molar-refractivity contribution in [2.75, 3.05) is 0 Å². The predicted octanol–water partition coefficient (Wildman–Crippen LogP) is 9.97. The van der Waals surface area contributed by atoms with Gasteiger partial charge in [-0.05, 0) is 117 Å². The molecule has 4 fully saturated rings. The van der Waals surface area contributed by atoms with E-state index < -0.39 is 0 Å². The van der Waals surface area contributed by atoms with E-state index in [-0.39, 0.29) is 0 Å². The van der Waals surface area contributed by atoms with E-state index in [1.54, 1.807) is 0 Å². The Morgan fingerprint density at radius 2 is 0.805 bits per heavy atom. The molecule has 2 nitrogen and oxygen atoms in total. The lowest BCUT2D eigenvalue weighted by molar-refractivity contribution is -0.0366. The number of hydrogen-bond acceptors (Lipinski definition) is 2. The molecule has 20 atom stereocenters. The van der Waals surface area contributed by atoms with Crippen LogP contribution in [0.3, 0.4) is 0 Å². The first-order valence-electron chi connectivity index (χ1n) is 18.5. The number of fused-ring (bicyclic) bond motifs is 4. The summed E-state index contributed by atoms with van der Waals surface area (Å²) in [5.74, 6) is 10.6. The first-order chi connectivity index (χ1) is 19.0. The van der Waals surface area contributed by atoms with E-state index in [4.69, 9.17) is 0 Å². The van der Waals surface area contributed by atoms with Gasteiger partial charge in [0.15, 0.2) is 6.71 Å². The fourth-order valence-corrected chi connectivity index (χ4v) is 12.2. The smallest absolute Gasteiger partial charge is 0.156 e. The van der Waals surface area contributed by atoms with Crippen LogP contribution in [0.5, 0.6) is 0 Å². The zero-order valence-electron chi connectivity index (χ0n) is 30.7. The third-order valence-electron chi connectivity index (χ3n) is 16.8. The summed E-state index contributed by atoms with van der Waals surface area (Å²) in [4.78, 5) is 6.29. The monoisotopic (exact) mass is 569 g/mol. The van der Waals surface area contributed by atoms with E-state index in [0.717, 1.165) is 89.3 Å². The van der Waals surface area contributed by atoms with E-state index in [1.807, 2.05) is 0 Å². The lowest BCUT2D eigenvalue weighted by Gasteiger charge is -2.65. The second-order valence-corrected chi connectivity index (χ2v) is 17.6. The minimum atomic E-state index is 0.628. The number of nitrogens with zero attached hydrogens (tertiary/aromatic N) is 2. The van der Waals surface area contributed by atoms with Gasteiger partial charge < -0.3 is 0 Å². The maximum atomic E-state index is 3.17. The van der Waals surface area contributed by atoms with Gasteiger partial charge in [0.25, 0.3) is 0 Å². The number of rotatable bonds is 0. The van der Waals surface area contributed by atoms with Crippen molar-refractivity contribution in [3.63, 3.8) is 0 Å². The summed E-state index contributed by atoms with van der Waals surface area (Å²) in [6.45, 7) is 45.3. The molecule has 4 heterocycles. The Morgan fingerprint density at radius 3 is 1.32 bits per heavy atom. The average Bonchev–Trinajstić information content (AvgIpc) is 2.97. The van der Waals surface area contributed by atoms with Gasteiger partial charge in [-0.2, -0.15) is 0 Å². The van der Waals surface area contributed by atoms with Crippen LogP contribution in [0.1, 0.15) is 124 Å². The molecular weight excluding hydrogens is 495 g/mol. The van der Waals surface area contributed by atoms with Crippen molar-refractivity contribution in [3.8, 4) is 0 Å². The quantitative estimate of drug-likeness (QED) is 0.268. The molecule has 238 valence electrons. The molecular formula is C38H73BN2. The van der Waals surface area contributed by atoms with Crippen molar-refractivity contribution in [3.05, 3.63) is 0 Å². The topological polar surface area (TPSA) is 6.48 Å². The minimum Gasteiger partial charge on any atom is -0.296 e. The second kappa shape index (κ2) is 12.4. The Kier molecular flexibility index (Phi) is 10.2. The van der Waals surface area contributed by atoms with Crippen molar-refractivity contribution in [1.29, 1.82) is 0 Å². The molecule has 0 spiro atoms. The van der Waals surface area contributed by atoms with Gasteiger partial charge in [-0.25, -0.2) is 0 Å². The van der Waals surface area contributed by atoms with Crippen LogP contribution in [-0.2, 0) is 0 Å². The van der Waals surface area contributed by atoms with Gasteiger partial charge in [0.05, 0.1) is 0 Å². The molecule has 0 radical (unpaired) electrons. The molecule has 4 rings (SSSR count). The van der Waals surface area contributed by atoms with Crippen LogP contribution >= 0.6 is 0 Å². The molecule has 41 heavy (non-hydrogen) atoms. The zero-order valence-corrected chi connectivity index (χ0v) is 30.7. The molecule has 4 aliphatic heterocycles. The van der Waals surface area contributed by atoms with Crippen molar-refractivity contribution in [2.45, 2.75) is 178 Å². The van der Waals surface area contributed by atoms with Gasteiger partial charge in [-0.3, -0.25) is 9.80 Å². The van der Waals surface area contributed by atoms with Crippen LogP contribution in [0.25, 0.3) is 0 Å². The van der Waals surface area contributed by atoms with Crippen LogP contribution in [0, 0.1) is 65.1 Å². The van der Waals surface area contributed by atoms with Gasteiger partial charge >= 0.3 is 0 Å². The Morgan fingerprint density at radius 1 is 0.390 bits per heavy atom. The summed E-state index contributed by atoms with van der Waals surface area (Å²) in [5.41, 5.74) is 0. The predicted molar refractivity (Wildman–Crippen MR) is 183 cm³/mol. The Balaban J connectivity index is 1.86. The molecule has 0 aromatic carbocycles. The van der Waals surface area contributed by atoms with E-state index in [1.165, 1.54) is 6.42 Å². The normalized spacial score (nSPS) is 58.0. The lowest BCUT2D eigenvalue weighted by Crippen LogP contribution is -2.72. The summed E-state index contributed by atoms with van der Waals surface area (Å²) in [6, 6.07) is 3.93. The summed E-state index contributed by atoms with van der Waals surface area (Å²) < 4.78 is 0. The van der Waals surface area contributed by atoms with E-state index in [0.29, 0.717) is 36.3 Å². The summed E-state index contributed by atoms with van der Waals surface area (Å²) in [6.07, 6.45) is 1.38. The lowest BCUT2D eigenvalue weighted by atomic mass is 9.21. The van der Waals surface area contributed by atoms with Crippen molar-refractivity contribution in [2.24, 2.45) is 65.1 Å². The molecule has 4 saturated heterocycles. The zero-order chi connectivity index (χ0) is 31.0. The SMILES string of the molecule is CC1CC2C3B(C(C)C(C)N2C(C)C(C)C(C)C(C)C1C)C(C)C1C(C)C(C)C(C)C(C)C(C)C(C)C(C)N1C3C. The largest absolute Gasteiger partial charge is 0.296 e. The van der Waals surface area contributed by atoms with Gasteiger partial charge in [0.2, 0.25) is 0 Å². The molecule has 0 aromatic heterocycles. The maximum absolute atomic E-state index is 3.17. The number of hydrogen-bond donors (Lipinski definition) is 0. The van der Waals surface area contributed by atoms with Crippen LogP contribution in [0.4, 0.5) is 0 Å². The van der Waals surface area contributed by atoms with Crippen molar-refractivity contribution in [1.82, 2.24) is 9.80 Å². The second-order valence-electron chi connectivity index (χ2n) is 17.6. The highest BCUT2D eigenvalue weighted by Crippen LogP contribution is 2.58. The highest BCUT2D eigenvalue weighted by molar-refractivity contribution is 6.65. The summed E-state index contributed by atoms with van der Waals surface area (Å²) in [5, 5.41) is 0. The van der Waals surface area contributed by atoms with Gasteiger partial charge in [-0.1, -0.05) is 90.0 Å². The van der Waals surface area contributed by atoms with E-state index >= 15 is 0 Å². The summed E-state index contributed by atoms with van der Waals surface area (Å²) >= 11 is 0. The standard InChI is InChI=1S/C38H73BN2/c1-19-18-36-37-35(17)41-33(15)28(10)25(7)22(4)23(5)26(8)29(11)38(41)31(13)39(37)30(12)34(16)40(36)32(14)27(9)24(6)21(3)20(19)2/h19-38H,18H2,1-17H3. The van der Waals surface area contributed by atoms with Crippen molar-refractivity contribution >= 4 is 6.71 Å². The highest BCUT2D eigenvalue weighted by atomic mass is 15.3. The molecule has 0 aromatic rings. The Labute approximate surface area is 259 Å². The first kappa shape index (κ1) is 33.9. The first-order valence-corrected chi connectivity index (χ1v) is 18.5. The maximum Gasteiger partial charge on any atom is 0.156 e. The molecule has 0 bridgehead atoms. The fraction of sp³-hybridized carbons (Fsp3) is 1.00. The van der Waals surface area contributed by atoms with Crippen LogP contribution < -0.4 is 0 Å². The molecule has 0 saturated carbocycles. The fourth-order valence-electron chi connectivity index (χ4n) is 12.2. The highest BCUT2D eigenvalue weighted by Gasteiger charge is 2.61. The molecule has 0 amide bonds. The molecule has 0 aliphatic carbocycles. The van der Waals surface area contributed by atoms with Crippen LogP contribution in [0.15, 0.2) is 0 Å². The van der Waals surface area contributed by atoms with Gasteiger partial charge in [0, 0.05) is 36.3 Å². The van der Waals surface area contributed by atoms with Crippen LogP contribution in [-0.4, -0.2) is 52.8 Å². The molecule has 20 unspecified atom stereocenters. The van der Waals surface area contributed by atoms with Crippen LogP contribution in [0.2, 0.25) is 17.5 Å². The molecule has 0 N–H and O–H groups in total. The third kappa shape index (κ3) is 5.34. The van der Waals surface area contributed by atoms with Gasteiger partial charge in [-0.15, -0.1) is 0 Å². The van der Waals surface area contributed by atoms with Crippen molar-refractivity contribution < 1.29 is 0 Å². The third-order valence-corrected chi connectivity index (χ3v) is 16.8. The Hall–Kier alpha value is -0.0151. The van der Waals surface area contributed by atoms with E-state index in [2.05, 4.69) is 128 Å². The Bertz CT molecular complexity index is 876. The molecule has 4 aliphatic rings. The average molecular weight is 569 g/mol. The molecule has 3 heteroatoms. The minimum absolute atomic E-state index is 0.628. The van der Waals surface area contributed by atoms with E-state index in [9.17, 15) is 0 Å². The van der Waals surface area contributed by atoms with Gasteiger partial charge in [0.1, 0.15) is 0 Å². The summed E-state index contributed by atoms with van der Waals surface area (Å²) in [7, 11) is 0.